The van der Waals surface area contributed by atoms with Gasteiger partial charge in [-0.2, -0.15) is 0 Å². The first-order valence-corrected chi connectivity index (χ1v) is 53.6. The molecule has 0 aliphatic rings. The van der Waals surface area contributed by atoms with Gasteiger partial charge in [-0.15, -0.1) is 0 Å². The molecule has 0 unspecified atom stereocenters. The van der Waals surface area contributed by atoms with Gasteiger partial charge in [0.1, 0.15) is 6.29 Å². The van der Waals surface area contributed by atoms with Crippen molar-refractivity contribution in [1.29, 1.82) is 0 Å². The molecule has 0 spiro atoms. The first-order chi connectivity index (χ1) is 74.4. The van der Waals surface area contributed by atoms with Crippen molar-refractivity contribution in [3.63, 3.8) is 0 Å². The van der Waals surface area contributed by atoms with E-state index in [-0.39, 0.29) is 0 Å². The molecule has 0 saturated carbocycles. The number of aldehydes is 1. The second-order valence-corrected chi connectivity index (χ2v) is 30.3. The summed E-state index contributed by atoms with van der Waals surface area (Å²) in [6, 6.07) is 0. The van der Waals surface area contributed by atoms with Crippen molar-refractivity contribution >= 4 is 6.29 Å². The van der Waals surface area contributed by atoms with Crippen LogP contribution in [0, 0.1) is 0 Å². The lowest BCUT2D eigenvalue weighted by Crippen LogP contribution is -2.16. The molecule has 0 fully saturated rings. The molecule has 0 amide bonds. The van der Waals surface area contributed by atoms with Crippen molar-refractivity contribution in [1.82, 2.24) is 0 Å². The van der Waals surface area contributed by atoms with Crippen molar-refractivity contribution in [2.75, 3.05) is 634 Å². The Kier molecular flexibility index (Phi) is 144. The van der Waals surface area contributed by atoms with Gasteiger partial charge in [-0.3, -0.25) is 0 Å². The monoisotopic (exact) mass is 2190 g/mol. The zero-order chi connectivity index (χ0) is 106. The third-order valence-electron chi connectivity index (χ3n) is 18.2. The molecule has 0 rings (SSSR count). The Morgan fingerprint density at radius 2 is 0.128 bits per heavy atom. The predicted octanol–water partition coefficient (Wildman–Crippen LogP) is 1.78. The summed E-state index contributed by atoms with van der Waals surface area (Å²) in [6.45, 7) is 48.6. The fourth-order valence-corrected chi connectivity index (χ4v) is 10.7. The average molecular weight is 2190 g/mol. The number of hydrogen-bond donors (Lipinski definition) is 0. The minimum atomic E-state index is 0.403. The highest BCUT2D eigenvalue weighted by Crippen LogP contribution is 1.99. The summed E-state index contributed by atoms with van der Waals surface area (Å²) < 4.78 is 265. The highest BCUT2D eigenvalue weighted by atomic mass is 16.7. The minimum Gasteiger partial charge on any atom is -0.379 e. The molecule has 0 aromatic carbocycles. The second kappa shape index (κ2) is 146. The standard InChI is InChI=1S/C100H200O49/c1-2-5-102-7-9-104-11-13-106-15-17-108-19-21-110-23-25-112-27-29-114-31-33-116-35-37-118-39-41-120-43-45-122-47-49-124-51-53-126-55-57-128-59-61-130-63-65-132-67-69-134-71-73-136-75-77-138-79-81-140-83-85-142-87-89-144-91-93-146-95-97-148-99-100-149-98-96-147-94-92-145-90-88-143-86-84-141-82-80-139-78-76-137-74-72-135-70-68-133-66-64-131-62-60-129-58-56-127-54-52-125-50-48-123-46-44-121-42-40-119-38-36-117-34-32-115-30-28-113-26-24-111-22-20-109-18-16-107-14-12-105-10-8-103-6-3-4-101/h4H,2-3,5-100H2,1H3. The molecule has 0 atom stereocenters. The van der Waals surface area contributed by atoms with E-state index in [1.54, 1.807) is 0 Å². The van der Waals surface area contributed by atoms with Crippen LogP contribution >= 0.6 is 0 Å². The van der Waals surface area contributed by atoms with Crippen LogP contribution < -0.4 is 0 Å². The Balaban J connectivity index is 3.11. The number of carbonyl (C=O) groups is 1. The molecule has 0 heterocycles. The van der Waals surface area contributed by atoms with Gasteiger partial charge in [0, 0.05) is 13.0 Å². The van der Waals surface area contributed by atoms with Gasteiger partial charge < -0.3 is 232 Å². The number of carbonyl (C=O) groups excluding carboxylic acids is 1. The zero-order valence-corrected chi connectivity index (χ0v) is 90.9. The minimum absolute atomic E-state index is 0.403. The van der Waals surface area contributed by atoms with Gasteiger partial charge in [-0.05, 0) is 6.42 Å². The first kappa shape index (κ1) is 147. The van der Waals surface area contributed by atoms with Crippen molar-refractivity contribution < 1.29 is 232 Å². The lowest BCUT2D eigenvalue weighted by Gasteiger charge is -2.09. The predicted molar refractivity (Wildman–Crippen MR) is 540 cm³/mol. The summed E-state index contributed by atoms with van der Waals surface area (Å²) in [6.07, 6.45) is 2.25. The van der Waals surface area contributed by atoms with Crippen LogP contribution in [0.4, 0.5) is 0 Å². The maximum absolute atomic E-state index is 10.2. The first-order valence-electron chi connectivity index (χ1n) is 53.6. The van der Waals surface area contributed by atoms with Crippen molar-refractivity contribution in [3.05, 3.63) is 0 Å². The summed E-state index contributed by atoms with van der Waals surface area (Å²) in [7, 11) is 0. The smallest absolute Gasteiger partial charge is 0.122 e. The van der Waals surface area contributed by atoms with Gasteiger partial charge in [-0.1, -0.05) is 6.92 Å². The Hall–Kier alpha value is -2.25. The molecule has 894 valence electrons. The molecule has 0 aliphatic heterocycles. The molecule has 0 N–H and O–H groups in total. The molecule has 49 nitrogen and oxygen atoms in total. The normalized spacial score (nSPS) is 11.8. The van der Waals surface area contributed by atoms with Gasteiger partial charge in [0.15, 0.2) is 0 Å². The second-order valence-electron chi connectivity index (χ2n) is 30.3. The Morgan fingerprint density at radius 1 is 0.0805 bits per heavy atom. The van der Waals surface area contributed by atoms with E-state index in [1.165, 1.54) is 0 Å². The van der Waals surface area contributed by atoms with E-state index < -0.39 is 0 Å². The van der Waals surface area contributed by atoms with Crippen molar-refractivity contribution in [2.45, 2.75) is 19.8 Å². The van der Waals surface area contributed by atoms with Gasteiger partial charge in [0.25, 0.3) is 0 Å². The van der Waals surface area contributed by atoms with Gasteiger partial charge in [0.05, 0.1) is 628 Å². The third-order valence-corrected chi connectivity index (χ3v) is 18.2. The van der Waals surface area contributed by atoms with E-state index in [0.29, 0.717) is 634 Å². The number of rotatable bonds is 146. The largest absolute Gasteiger partial charge is 0.379 e. The highest BCUT2D eigenvalue weighted by molar-refractivity contribution is 5.49. The van der Waals surface area contributed by atoms with E-state index in [0.717, 1.165) is 19.3 Å². The molecule has 0 aliphatic carbocycles. The van der Waals surface area contributed by atoms with Crippen LogP contribution in [-0.2, 0) is 232 Å². The fourth-order valence-electron chi connectivity index (χ4n) is 10.7. The van der Waals surface area contributed by atoms with Crippen LogP contribution in [0.3, 0.4) is 0 Å². The van der Waals surface area contributed by atoms with Crippen LogP contribution in [0.2, 0.25) is 0 Å². The summed E-state index contributed by atoms with van der Waals surface area (Å²) in [5.41, 5.74) is 0. The topological polar surface area (TPSA) is 460 Å². The summed E-state index contributed by atoms with van der Waals surface area (Å²) in [4.78, 5) is 10.2. The van der Waals surface area contributed by atoms with E-state index in [2.05, 4.69) is 6.92 Å². The van der Waals surface area contributed by atoms with E-state index in [9.17, 15) is 4.79 Å². The SMILES string of the molecule is CCCOCCOCCOCCOCCOCCOCCOCCOCCOCCOCCOCCOCCOCCOCCOCCOCCOCCOCCOCCOCCOCCOCCOCCOCCOCCOCCOCCOCCOCCOCCOCCOCCOCCOCCOCCOCCOCCOCCOCCOCCOCCOCCOCCOCCOCCOCCOCCOCCC=O. The Morgan fingerprint density at radius 3 is 0.174 bits per heavy atom. The van der Waals surface area contributed by atoms with Gasteiger partial charge >= 0.3 is 0 Å². The molecular formula is C100H200O49. The molecule has 0 bridgehead atoms. The molecule has 0 aromatic heterocycles. The van der Waals surface area contributed by atoms with E-state index in [1.807, 2.05) is 0 Å². The van der Waals surface area contributed by atoms with Crippen LogP contribution in [0.15, 0.2) is 0 Å². The molecule has 0 saturated heterocycles. The maximum atomic E-state index is 10.2. The van der Waals surface area contributed by atoms with Gasteiger partial charge in [0.2, 0.25) is 0 Å². The highest BCUT2D eigenvalue weighted by Gasteiger charge is 2.08. The lowest BCUT2D eigenvalue weighted by molar-refractivity contribution is -0.109. The number of ether oxygens (including phenoxy) is 48. The van der Waals surface area contributed by atoms with E-state index >= 15 is 0 Å². The fraction of sp³-hybridized carbons (Fsp3) is 0.990. The maximum Gasteiger partial charge on any atom is 0.122 e. The Bertz CT molecular complexity index is 2020. The Labute approximate surface area is 888 Å². The van der Waals surface area contributed by atoms with Crippen LogP contribution in [0.1, 0.15) is 19.8 Å². The molecule has 0 aromatic rings. The summed E-state index contributed by atoms with van der Waals surface area (Å²) in [5.74, 6) is 0. The van der Waals surface area contributed by atoms with Crippen molar-refractivity contribution in [2.24, 2.45) is 0 Å². The average Bonchev–Trinajstić information content (AvgIpc) is 1.08. The van der Waals surface area contributed by atoms with Crippen LogP contribution in [-0.4, -0.2) is 641 Å². The van der Waals surface area contributed by atoms with E-state index in [4.69, 9.17) is 227 Å². The molecule has 149 heavy (non-hydrogen) atoms. The van der Waals surface area contributed by atoms with Gasteiger partial charge in [-0.25, -0.2) is 0 Å². The van der Waals surface area contributed by atoms with Crippen molar-refractivity contribution in [3.8, 4) is 0 Å². The quantitative estimate of drug-likeness (QED) is 0.0618. The van der Waals surface area contributed by atoms with Crippen LogP contribution in [0.5, 0.6) is 0 Å². The zero-order valence-electron chi connectivity index (χ0n) is 90.9. The van der Waals surface area contributed by atoms with Crippen LogP contribution in [0.25, 0.3) is 0 Å². The molecule has 0 radical (unpaired) electrons. The summed E-state index contributed by atoms with van der Waals surface area (Å²) >= 11 is 0. The number of hydrogen-bond acceptors (Lipinski definition) is 49. The molecular weight excluding hydrogens is 1990 g/mol. The summed E-state index contributed by atoms with van der Waals surface area (Å²) in [5, 5.41) is 0. The lowest BCUT2D eigenvalue weighted by atomic mass is 10.5. The molecule has 49 heteroatoms. The third kappa shape index (κ3) is 146.